The van der Waals surface area contributed by atoms with Crippen LogP contribution in [0.5, 0.6) is 0 Å². The van der Waals surface area contributed by atoms with Crippen LogP contribution in [0.2, 0.25) is 0 Å². The first-order chi connectivity index (χ1) is 11.1. The molecule has 0 aromatic carbocycles. The lowest BCUT2D eigenvalue weighted by Gasteiger charge is -2.14. The van der Waals surface area contributed by atoms with Crippen molar-refractivity contribution in [2.75, 3.05) is 0 Å². The number of imidazole rings is 1. The fourth-order valence-electron chi connectivity index (χ4n) is 2.38. The van der Waals surface area contributed by atoms with Gasteiger partial charge in [-0.05, 0) is 18.2 Å². The Morgan fingerprint density at radius 1 is 0.958 bits per heavy atom. The highest BCUT2D eigenvalue weighted by atomic mass is 15.1. The van der Waals surface area contributed by atoms with Crippen molar-refractivity contribution in [2.45, 2.75) is 52.4 Å². The molecule has 0 atom stereocenters. The van der Waals surface area contributed by atoms with Crippen molar-refractivity contribution in [1.82, 2.24) is 24.7 Å². The van der Waals surface area contributed by atoms with Crippen molar-refractivity contribution in [3.8, 4) is 17.2 Å². The van der Waals surface area contributed by atoms with E-state index in [1.54, 1.807) is 0 Å². The summed E-state index contributed by atoms with van der Waals surface area (Å²) in [4.78, 5) is 9.25. The average molecular weight is 323 g/mol. The van der Waals surface area contributed by atoms with Gasteiger partial charge >= 0.3 is 0 Å². The second-order valence-corrected chi connectivity index (χ2v) is 8.21. The third kappa shape index (κ3) is 3.25. The number of aromatic nitrogens is 5. The molecule has 0 unspecified atom stereocenters. The number of nitrogens with one attached hydrogen (secondary N) is 1. The fraction of sp³-hybridized carbons (Fsp3) is 0.421. The lowest BCUT2D eigenvalue weighted by atomic mass is 9.92. The molecule has 0 fully saturated rings. The molecular formula is C19H25N5. The molecule has 5 heteroatoms. The van der Waals surface area contributed by atoms with Gasteiger partial charge in [-0.3, -0.25) is 9.67 Å². The quantitative estimate of drug-likeness (QED) is 0.767. The number of rotatable bonds is 2. The molecule has 0 aliphatic carbocycles. The monoisotopic (exact) mass is 323 g/mol. The van der Waals surface area contributed by atoms with Crippen LogP contribution in [0.3, 0.4) is 0 Å². The lowest BCUT2D eigenvalue weighted by molar-refractivity contribution is 0.567. The van der Waals surface area contributed by atoms with Crippen LogP contribution in [-0.2, 0) is 10.8 Å². The van der Waals surface area contributed by atoms with Gasteiger partial charge in [0, 0.05) is 22.7 Å². The second kappa shape index (κ2) is 5.58. The van der Waals surface area contributed by atoms with Crippen LogP contribution in [0, 0.1) is 0 Å². The van der Waals surface area contributed by atoms with E-state index in [9.17, 15) is 0 Å². The number of pyridine rings is 1. The third-order valence-electron chi connectivity index (χ3n) is 4.00. The molecule has 0 spiro atoms. The zero-order valence-corrected chi connectivity index (χ0v) is 15.3. The Morgan fingerprint density at radius 3 is 2.29 bits per heavy atom. The molecule has 5 nitrogen and oxygen atoms in total. The minimum atomic E-state index is 0.0205. The van der Waals surface area contributed by atoms with E-state index in [4.69, 9.17) is 4.98 Å². The summed E-state index contributed by atoms with van der Waals surface area (Å²) < 4.78 is 1.96. The van der Waals surface area contributed by atoms with Gasteiger partial charge in [0.1, 0.15) is 17.8 Å². The van der Waals surface area contributed by atoms with Gasteiger partial charge in [-0.2, -0.15) is 5.10 Å². The molecule has 3 heterocycles. The van der Waals surface area contributed by atoms with E-state index in [0.717, 1.165) is 28.6 Å². The minimum absolute atomic E-state index is 0.0205. The molecule has 3 aromatic heterocycles. The van der Waals surface area contributed by atoms with Crippen molar-refractivity contribution in [1.29, 1.82) is 0 Å². The van der Waals surface area contributed by atoms with Crippen LogP contribution < -0.4 is 0 Å². The van der Waals surface area contributed by atoms with Gasteiger partial charge in [-0.15, -0.1) is 0 Å². The van der Waals surface area contributed by atoms with Gasteiger partial charge in [0.2, 0.25) is 0 Å². The van der Waals surface area contributed by atoms with Crippen molar-refractivity contribution in [2.24, 2.45) is 0 Å². The topological polar surface area (TPSA) is 59.4 Å². The van der Waals surface area contributed by atoms with E-state index in [2.05, 4.69) is 62.8 Å². The first kappa shape index (κ1) is 16.4. The molecule has 0 saturated heterocycles. The molecule has 0 amide bonds. The highest BCUT2D eigenvalue weighted by Crippen LogP contribution is 2.25. The first-order valence-electron chi connectivity index (χ1n) is 8.23. The van der Waals surface area contributed by atoms with Crippen molar-refractivity contribution in [3.05, 3.63) is 48.2 Å². The summed E-state index contributed by atoms with van der Waals surface area (Å²) in [6.07, 6.45) is 3.86. The Balaban J connectivity index is 1.95. The molecule has 0 bridgehead atoms. The summed E-state index contributed by atoms with van der Waals surface area (Å²) in [6.45, 7) is 12.9. The smallest absolute Gasteiger partial charge is 0.138 e. The van der Waals surface area contributed by atoms with Gasteiger partial charge in [-0.25, -0.2) is 9.97 Å². The Bertz CT molecular complexity index is 776. The summed E-state index contributed by atoms with van der Waals surface area (Å²) in [5.41, 5.74) is 3.91. The third-order valence-corrected chi connectivity index (χ3v) is 4.00. The van der Waals surface area contributed by atoms with Crippen LogP contribution in [0.1, 0.15) is 52.9 Å². The molecule has 0 saturated carbocycles. The van der Waals surface area contributed by atoms with E-state index in [-0.39, 0.29) is 10.8 Å². The normalized spacial score (nSPS) is 12.6. The predicted octanol–water partition coefficient (Wildman–Crippen LogP) is 4.25. The van der Waals surface area contributed by atoms with Gasteiger partial charge in [0.15, 0.2) is 0 Å². The predicted molar refractivity (Wildman–Crippen MR) is 96.3 cm³/mol. The largest absolute Gasteiger partial charge is 0.290 e. The minimum Gasteiger partial charge on any atom is -0.290 e. The summed E-state index contributed by atoms with van der Waals surface area (Å²) in [5.74, 6) is 0.843. The van der Waals surface area contributed by atoms with Gasteiger partial charge in [-0.1, -0.05) is 47.6 Å². The number of hydrogen-bond acceptors (Lipinski definition) is 3. The summed E-state index contributed by atoms with van der Waals surface area (Å²) in [5, 5.41) is 7.54. The Morgan fingerprint density at radius 2 is 1.71 bits per heavy atom. The Hall–Kier alpha value is -2.43. The van der Waals surface area contributed by atoms with Crippen LogP contribution in [-0.4, -0.2) is 24.7 Å². The van der Waals surface area contributed by atoms with Crippen LogP contribution in [0.15, 0.2) is 36.8 Å². The molecule has 0 aliphatic heterocycles. The molecule has 24 heavy (non-hydrogen) atoms. The molecule has 3 aromatic rings. The number of hydrogen-bond donors (Lipinski definition) is 1. The average Bonchev–Trinajstić information content (AvgIpc) is 3.16. The number of nitrogens with zero attached hydrogens (tertiary/aromatic N) is 4. The lowest BCUT2D eigenvalue weighted by Crippen LogP contribution is -2.11. The fourth-order valence-corrected chi connectivity index (χ4v) is 2.38. The maximum atomic E-state index is 4.74. The summed E-state index contributed by atoms with van der Waals surface area (Å²) in [7, 11) is 0. The Labute approximate surface area is 143 Å². The highest BCUT2D eigenvalue weighted by Gasteiger charge is 2.19. The maximum Gasteiger partial charge on any atom is 0.138 e. The van der Waals surface area contributed by atoms with Crippen molar-refractivity contribution in [3.63, 3.8) is 0 Å². The van der Waals surface area contributed by atoms with E-state index in [1.807, 2.05) is 35.3 Å². The molecule has 3 rings (SSSR count). The molecule has 1 N–H and O–H groups in total. The number of H-pyrrole nitrogens is 1. The van der Waals surface area contributed by atoms with E-state index in [1.165, 1.54) is 0 Å². The van der Waals surface area contributed by atoms with Gasteiger partial charge in [0.05, 0.1) is 11.4 Å². The first-order valence-corrected chi connectivity index (χ1v) is 8.23. The maximum absolute atomic E-state index is 4.74. The standard InChI is InChI=1S/C19H25N5/c1-18(2,3)15-10-14(22-23-15)13-8-7-9-17(21-13)24-11-16(20-12-24)19(4,5)6/h7-12H,1-6H3,(H,22,23). The van der Waals surface area contributed by atoms with E-state index >= 15 is 0 Å². The summed E-state index contributed by atoms with van der Waals surface area (Å²) in [6, 6.07) is 8.03. The molecule has 0 aliphatic rings. The molecular weight excluding hydrogens is 298 g/mol. The number of aromatic amines is 1. The SMILES string of the molecule is CC(C)(C)c1cn(-c2cccc(-c3cc(C(C)(C)C)[nH]n3)n2)cn1. The molecule has 126 valence electrons. The second-order valence-electron chi connectivity index (χ2n) is 8.21. The highest BCUT2D eigenvalue weighted by molar-refractivity contribution is 5.56. The van der Waals surface area contributed by atoms with Crippen LogP contribution in [0.25, 0.3) is 17.2 Å². The molecule has 0 radical (unpaired) electrons. The van der Waals surface area contributed by atoms with Crippen molar-refractivity contribution >= 4 is 0 Å². The van der Waals surface area contributed by atoms with Gasteiger partial charge in [0.25, 0.3) is 0 Å². The van der Waals surface area contributed by atoms with Crippen molar-refractivity contribution < 1.29 is 0 Å². The summed E-state index contributed by atoms with van der Waals surface area (Å²) >= 11 is 0. The zero-order chi connectivity index (χ0) is 17.5. The van der Waals surface area contributed by atoms with E-state index in [0.29, 0.717) is 0 Å². The van der Waals surface area contributed by atoms with Crippen LogP contribution in [0.4, 0.5) is 0 Å². The van der Waals surface area contributed by atoms with Gasteiger partial charge < -0.3 is 0 Å². The Kier molecular flexibility index (Phi) is 3.82. The van der Waals surface area contributed by atoms with Crippen LogP contribution >= 0.6 is 0 Å². The zero-order valence-electron chi connectivity index (χ0n) is 15.3. The van der Waals surface area contributed by atoms with E-state index < -0.39 is 0 Å².